The van der Waals surface area contributed by atoms with Crippen molar-refractivity contribution in [2.75, 3.05) is 20.2 Å². The lowest BCUT2D eigenvalue weighted by molar-refractivity contribution is -0.192. The van der Waals surface area contributed by atoms with Crippen molar-refractivity contribution in [3.05, 3.63) is 59.2 Å². The maximum atomic E-state index is 11.5. The van der Waals surface area contributed by atoms with E-state index in [-0.39, 0.29) is 10.4 Å². The Bertz CT molecular complexity index is 1260. The molecule has 0 amide bonds. The number of tetrazole rings is 1. The number of hydrogen-bond acceptors (Lipinski definition) is 9. The second kappa shape index (κ2) is 13.2. The number of benzene rings is 1. The maximum absolute atomic E-state index is 11.5. The average Bonchev–Trinajstić information content (AvgIpc) is 3.49. The van der Waals surface area contributed by atoms with Crippen molar-refractivity contribution in [3.63, 3.8) is 0 Å². The predicted octanol–water partition coefficient (Wildman–Crippen LogP) is 2.63. The third kappa shape index (κ3) is 8.99. The van der Waals surface area contributed by atoms with Crippen LogP contribution in [0.15, 0.2) is 42.1 Å². The number of rotatable bonds is 7. The highest BCUT2D eigenvalue weighted by Crippen LogP contribution is 2.26. The molecule has 2 N–H and O–H groups in total. The first kappa shape index (κ1) is 28.8. The van der Waals surface area contributed by atoms with Crippen LogP contribution in [0, 0.1) is 0 Å². The Morgan fingerprint density at radius 2 is 1.92 bits per heavy atom. The van der Waals surface area contributed by atoms with Crippen molar-refractivity contribution >= 4 is 28.9 Å². The number of nitrogens with zero attached hydrogens (tertiary/aromatic N) is 6. The lowest BCUT2D eigenvalue weighted by Crippen LogP contribution is -2.32. The van der Waals surface area contributed by atoms with E-state index in [1.54, 1.807) is 23.5 Å². The van der Waals surface area contributed by atoms with Crippen LogP contribution < -0.4 is 10.1 Å². The highest BCUT2D eigenvalue weighted by molar-refractivity contribution is 8.14. The molecule has 3 heterocycles. The van der Waals surface area contributed by atoms with Gasteiger partial charge in [0.05, 0.1) is 19.3 Å². The summed E-state index contributed by atoms with van der Waals surface area (Å²) in [6.07, 6.45) is -0.171. The van der Waals surface area contributed by atoms with Gasteiger partial charge in [-0.1, -0.05) is 23.9 Å². The summed E-state index contributed by atoms with van der Waals surface area (Å²) in [7, 11) is 1.65. The van der Waals surface area contributed by atoms with Gasteiger partial charge < -0.3 is 15.2 Å². The minimum Gasteiger partial charge on any atom is -0.497 e. The average molecular weight is 554 g/mol. The molecule has 1 unspecified atom stereocenters. The number of halogens is 3. The molecule has 0 saturated carbocycles. The Morgan fingerprint density at radius 3 is 2.55 bits per heavy atom. The Morgan fingerprint density at radius 1 is 1.21 bits per heavy atom. The minimum absolute atomic E-state index is 0.145. The van der Waals surface area contributed by atoms with Gasteiger partial charge in [0.25, 0.3) is 0 Å². The normalized spacial score (nSPS) is 16.6. The van der Waals surface area contributed by atoms with Gasteiger partial charge in [-0.2, -0.15) is 23.1 Å². The standard InChI is InChI=1S/C21H25N7O2S.C2HF3O2/c1-15(29)31-20-7-9-22-12-17(20)11-18-8-10-27(24-18)14-21-23-26-28(25-21)13-16-3-5-19(30-2)6-4-16;3-2(4,5)1(6)7/h3-6,8,10-11,20,22H,7,9,12-14H2,1-2H3;(H,6,7)/b17-11+;. The highest BCUT2D eigenvalue weighted by atomic mass is 32.2. The molecular formula is C23H26F3N7O4S. The van der Waals surface area contributed by atoms with E-state index in [9.17, 15) is 18.0 Å². The number of nitrogens with one attached hydrogen (secondary N) is 1. The first-order valence-electron chi connectivity index (χ1n) is 11.3. The van der Waals surface area contributed by atoms with Crippen LogP contribution in [0.4, 0.5) is 13.2 Å². The largest absolute Gasteiger partial charge is 0.497 e. The Hall–Kier alpha value is -3.72. The molecule has 0 aliphatic carbocycles. The number of carbonyl (C=O) groups excluding carboxylic acids is 1. The molecule has 204 valence electrons. The molecule has 0 spiro atoms. The molecule has 3 aromatic rings. The zero-order chi connectivity index (χ0) is 27.7. The lowest BCUT2D eigenvalue weighted by atomic mass is 10.0. The number of hydrogen-bond donors (Lipinski definition) is 2. The highest BCUT2D eigenvalue weighted by Gasteiger charge is 2.38. The summed E-state index contributed by atoms with van der Waals surface area (Å²) in [5.74, 6) is -1.34. The summed E-state index contributed by atoms with van der Waals surface area (Å²) in [6.45, 7) is 4.30. The van der Waals surface area contributed by atoms with Gasteiger partial charge in [0.2, 0.25) is 0 Å². The van der Waals surface area contributed by atoms with E-state index in [0.717, 1.165) is 36.5 Å². The molecule has 1 fully saturated rings. The molecular weight excluding hydrogens is 527 g/mol. The van der Waals surface area contributed by atoms with E-state index in [2.05, 4.69) is 31.9 Å². The van der Waals surface area contributed by atoms with E-state index in [1.165, 1.54) is 17.3 Å². The number of carboxylic acids is 1. The molecule has 4 rings (SSSR count). The van der Waals surface area contributed by atoms with Gasteiger partial charge in [-0.25, -0.2) is 4.79 Å². The molecule has 1 aromatic carbocycles. The molecule has 0 bridgehead atoms. The number of piperidine rings is 1. The molecule has 11 nitrogen and oxygen atoms in total. The number of carbonyl (C=O) groups is 2. The van der Waals surface area contributed by atoms with Crippen LogP contribution in [0.1, 0.15) is 30.4 Å². The number of aliphatic carboxylic acids is 1. The maximum Gasteiger partial charge on any atom is 0.490 e. The first-order valence-corrected chi connectivity index (χ1v) is 12.2. The smallest absolute Gasteiger partial charge is 0.490 e. The fourth-order valence-corrected chi connectivity index (χ4v) is 4.36. The summed E-state index contributed by atoms with van der Waals surface area (Å²) < 4.78 is 38.7. The number of ether oxygens (including phenoxy) is 1. The SMILES string of the molecule is COc1ccc(Cn2nnc(Cn3ccc(/C=C4\CNCCC4SC(C)=O)n3)n2)cc1.O=C(O)C(F)(F)F. The minimum atomic E-state index is -5.08. The van der Waals surface area contributed by atoms with Crippen LogP contribution >= 0.6 is 11.8 Å². The molecule has 1 atom stereocenters. The van der Waals surface area contributed by atoms with Crippen molar-refractivity contribution in [2.24, 2.45) is 0 Å². The number of alkyl halides is 3. The lowest BCUT2D eigenvalue weighted by Gasteiger charge is -2.24. The zero-order valence-electron chi connectivity index (χ0n) is 20.6. The molecule has 1 aliphatic heterocycles. The summed E-state index contributed by atoms with van der Waals surface area (Å²) in [6, 6.07) is 9.74. The second-order valence-corrected chi connectivity index (χ2v) is 9.49. The van der Waals surface area contributed by atoms with Crippen LogP contribution in [-0.2, 0) is 22.7 Å². The molecule has 1 saturated heterocycles. The Balaban J connectivity index is 0.000000505. The van der Waals surface area contributed by atoms with Crippen molar-refractivity contribution in [1.29, 1.82) is 0 Å². The fourth-order valence-electron chi connectivity index (χ4n) is 3.42. The quantitative estimate of drug-likeness (QED) is 0.449. The molecule has 38 heavy (non-hydrogen) atoms. The number of methoxy groups -OCH3 is 1. The fraction of sp³-hybridized carbons (Fsp3) is 0.391. The molecule has 1 aliphatic rings. The van der Waals surface area contributed by atoms with Gasteiger partial charge in [-0.3, -0.25) is 9.48 Å². The van der Waals surface area contributed by atoms with Crippen LogP contribution in [-0.4, -0.2) is 77.8 Å². The van der Waals surface area contributed by atoms with E-state index < -0.39 is 12.1 Å². The molecule has 2 aromatic heterocycles. The van der Waals surface area contributed by atoms with Crippen LogP contribution in [0.25, 0.3) is 6.08 Å². The molecule has 15 heteroatoms. The summed E-state index contributed by atoms with van der Waals surface area (Å²) in [4.78, 5) is 22.0. The summed E-state index contributed by atoms with van der Waals surface area (Å²) in [5.41, 5.74) is 3.12. The number of carboxylic acid groups (broad SMARTS) is 1. The third-order valence-electron chi connectivity index (χ3n) is 5.15. The van der Waals surface area contributed by atoms with E-state index in [0.29, 0.717) is 18.9 Å². The van der Waals surface area contributed by atoms with Crippen molar-refractivity contribution in [3.8, 4) is 5.75 Å². The van der Waals surface area contributed by atoms with E-state index >= 15 is 0 Å². The zero-order valence-corrected chi connectivity index (χ0v) is 21.4. The Kier molecular flexibility index (Phi) is 10.0. The van der Waals surface area contributed by atoms with Crippen LogP contribution in [0.3, 0.4) is 0 Å². The summed E-state index contributed by atoms with van der Waals surface area (Å²) >= 11 is 1.40. The first-order chi connectivity index (χ1) is 18.0. The molecule has 0 radical (unpaired) electrons. The third-order valence-corrected chi connectivity index (χ3v) is 6.31. The van der Waals surface area contributed by atoms with Gasteiger partial charge >= 0.3 is 12.1 Å². The van der Waals surface area contributed by atoms with Crippen molar-refractivity contribution in [2.45, 2.75) is 37.9 Å². The van der Waals surface area contributed by atoms with Gasteiger partial charge in [0, 0.05) is 24.9 Å². The van der Waals surface area contributed by atoms with Gasteiger partial charge in [-0.05, 0) is 53.6 Å². The second-order valence-electron chi connectivity index (χ2n) is 8.11. The van der Waals surface area contributed by atoms with Crippen LogP contribution in [0.2, 0.25) is 0 Å². The van der Waals surface area contributed by atoms with Gasteiger partial charge in [0.15, 0.2) is 10.9 Å². The van der Waals surface area contributed by atoms with Crippen LogP contribution in [0.5, 0.6) is 5.75 Å². The topological polar surface area (TPSA) is 137 Å². The summed E-state index contributed by atoms with van der Waals surface area (Å²) in [5, 5.41) is 28.2. The van der Waals surface area contributed by atoms with Gasteiger partial charge in [-0.15, -0.1) is 10.2 Å². The predicted molar refractivity (Wildman–Crippen MR) is 132 cm³/mol. The van der Waals surface area contributed by atoms with Crippen molar-refractivity contribution < 1.29 is 32.6 Å². The number of aromatic nitrogens is 6. The van der Waals surface area contributed by atoms with Crippen molar-refractivity contribution in [1.82, 2.24) is 35.3 Å². The monoisotopic (exact) mass is 553 g/mol. The van der Waals surface area contributed by atoms with E-state index in [4.69, 9.17) is 14.6 Å². The Labute approximate surface area is 220 Å². The number of thioether (sulfide) groups is 1. The van der Waals surface area contributed by atoms with Gasteiger partial charge in [0.1, 0.15) is 12.3 Å². The van der Waals surface area contributed by atoms with E-state index in [1.807, 2.05) is 36.5 Å².